The zero-order chi connectivity index (χ0) is 14.5. The summed E-state index contributed by atoms with van der Waals surface area (Å²) in [6, 6.07) is 11.1. The van der Waals surface area contributed by atoms with Gasteiger partial charge in [0.15, 0.2) is 0 Å². The van der Waals surface area contributed by atoms with Gasteiger partial charge in [0, 0.05) is 5.02 Å². The number of rotatable bonds is 5. The lowest BCUT2D eigenvalue weighted by molar-refractivity contribution is -0.123. The standard InChI is InChI=1S/C16H18ClNO2/c1-11(2)15(12-5-7-13(17)8-6-12)16(19)18-10-14-4-3-9-20-14/h3-9,11,15H,10H2,1-2H3,(H,18,19)/t15-/m1/s1. The second kappa shape index (κ2) is 6.62. The molecule has 2 aromatic rings. The average molecular weight is 292 g/mol. The van der Waals surface area contributed by atoms with Gasteiger partial charge in [-0.05, 0) is 35.7 Å². The van der Waals surface area contributed by atoms with Crippen molar-refractivity contribution >= 4 is 17.5 Å². The number of nitrogens with one attached hydrogen (secondary N) is 1. The lowest BCUT2D eigenvalue weighted by Gasteiger charge is -2.20. The molecule has 0 saturated heterocycles. The van der Waals surface area contributed by atoms with Crippen molar-refractivity contribution in [2.24, 2.45) is 5.92 Å². The normalized spacial score (nSPS) is 12.4. The summed E-state index contributed by atoms with van der Waals surface area (Å²) in [7, 11) is 0. The molecule has 3 nitrogen and oxygen atoms in total. The van der Waals surface area contributed by atoms with Crippen LogP contribution < -0.4 is 5.32 Å². The zero-order valence-corrected chi connectivity index (χ0v) is 12.4. The van der Waals surface area contributed by atoms with E-state index in [1.165, 1.54) is 0 Å². The maximum Gasteiger partial charge on any atom is 0.228 e. The first-order valence-electron chi connectivity index (χ1n) is 6.63. The molecule has 0 spiro atoms. The molecule has 1 atom stereocenters. The third kappa shape index (κ3) is 3.64. The van der Waals surface area contributed by atoms with Crippen LogP contribution in [0, 0.1) is 5.92 Å². The number of hydrogen-bond donors (Lipinski definition) is 1. The highest BCUT2D eigenvalue weighted by Gasteiger charge is 2.24. The van der Waals surface area contributed by atoms with Gasteiger partial charge < -0.3 is 9.73 Å². The first kappa shape index (κ1) is 14.7. The molecule has 20 heavy (non-hydrogen) atoms. The van der Waals surface area contributed by atoms with Gasteiger partial charge in [-0.15, -0.1) is 0 Å². The van der Waals surface area contributed by atoms with Gasteiger partial charge in [-0.2, -0.15) is 0 Å². The van der Waals surface area contributed by atoms with Crippen LogP contribution in [0.2, 0.25) is 5.02 Å². The van der Waals surface area contributed by atoms with E-state index in [1.807, 2.05) is 44.2 Å². The molecule has 1 N–H and O–H groups in total. The van der Waals surface area contributed by atoms with E-state index in [2.05, 4.69) is 5.32 Å². The van der Waals surface area contributed by atoms with Crippen molar-refractivity contribution in [2.75, 3.05) is 0 Å². The topological polar surface area (TPSA) is 42.2 Å². The zero-order valence-electron chi connectivity index (χ0n) is 11.6. The maximum absolute atomic E-state index is 12.4. The second-order valence-corrected chi connectivity index (χ2v) is 5.51. The Morgan fingerprint density at radius 3 is 2.50 bits per heavy atom. The van der Waals surface area contributed by atoms with Gasteiger partial charge in [-0.25, -0.2) is 0 Å². The maximum atomic E-state index is 12.4. The monoisotopic (exact) mass is 291 g/mol. The Labute approximate surface area is 123 Å². The molecule has 0 aliphatic heterocycles. The molecule has 0 bridgehead atoms. The number of benzene rings is 1. The van der Waals surface area contributed by atoms with Crippen molar-refractivity contribution < 1.29 is 9.21 Å². The Balaban J connectivity index is 2.08. The third-order valence-corrected chi connectivity index (χ3v) is 3.45. The predicted octanol–water partition coefficient (Wildman–Crippen LogP) is 3.99. The largest absolute Gasteiger partial charge is 0.467 e. The molecule has 0 saturated carbocycles. The molecule has 0 radical (unpaired) electrons. The SMILES string of the molecule is CC(C)[C@@H](C(=O)NCc1ccco1)c1ccc(Cl)cc1. The molecule has 0 aliphatic rings. The van der Waals surface area contributed by atoms with Crippen molar-refractivity contribution in [3.63, 3.8) is 0 Å². The van der Waals surface area contributed by atoms with Crippen LogP contribution in [0.1, 0.15) is 31.1 Å². The average Bonchev–Trinajstić information content (AvgIpc) is 2.92. The summed E-state index contributed by atoms with van der Waals surface area (Å²) in [4.78, 5) is 12.4. The van der Waals surface area contributed by atoms with Crippen LogP contribution in [0.5, 0.6) is 0 Å². The van der Waals surface area contributed by atoms with E-state index in [0.717, 1.165) is 11.3 Å². The predicted molar refractivity (Wildman–Crippen MR) is 79.6 cm³/mol. The van der Waals surface area contributed by atoms with Crippen LogP contribution in [-0.2, 0) is 11.3 Å². The molecule has 1 aromatic carbocycles. The molecule has 1 aromatic heterocycles. The first-order chi connectivity index (χ1) is 9.58. The Bertz CT molecular complexity index is 546. The number of halogens is 1. The minimum absolute atomic E-state index is 0.00118. The Morgan fingerprint density at radius 1 is 1.25 bits per heavy atom. The first-order valence-corrected chi connectivity index (χ1v) is 7.01. The van der Waals surface area contributed by atoms with E-state index in [0.29, 0.717) is 11.6 Å². The van der Waals surface area contributed by atoms with Crippen LogP contribution in [0.3, 0.4) is 0 Å². The van der Waals surface area contributed by atoms with Crippen molar-refractivity contribution in [2.45, 2.75) is 26.3 Å². The summed E-state index contributed by atoms with van der Waals surface area (Å²) in [5, 5.41) is 3.59. The van der Waals surface area contributed by atoms with Gasteiger partial charge in [0.2, 0.25) is 5.91 Å². The van der Waals surface area contributed by atoms with E-state index in [4.69, 9.17) is 16.0 Å². The van der Waals surface area contributed by atoms with Crippen LogP contribution in [-0.4, -0.2) is 5.91 Å². The molecule has 106 valence electrons. The minimum atomic E-state index is -0.192. The highest BCUT2D eigenvalue weighted by molar-refractivity contribution is 6.30. The lowest BCUT2D eigenvalue weighted by atomic mass is 9.87. The number of carbonyl (C=O) groups excluding carboxylic acids is 1. The van der Waals surface area contributed by atoms with E-state index < -0.39 is 0 Å². The van der Waals surface area contributed by atoms with Crippen LogP contribution in [0.15, 0.2) is 47.1 Å². The molecule has 4 heteroatoms. The molecular weight excluding hydrogens is 274 g/mol. The highest BCUT2D eigenvalue weighted by atomic mass is 35.5. The van der Waals surface area contributed by atoms with Crippen LogP contribution >= 0.6 is 11.6 Å². The van der Waals surface area contributed by atoms with E-state index in [9.17, 15) is 4.79 Å². The van der Waals surface area contributed by atoms with E-state index in [1.54, 1.807) is 12.3 Å². The van der Waals surface area contributed by atoms with Crippen LogP contribution in [0.4, 0.5) is 0 Å². The van der Waals surface area contributed by atoms with Gasteiger partial charge in [-0.3, -0.25) is 4.79 Å². The van der Waals surface area contributed by atoms with Gasteiger partial charge in [0.05, 0.1) is 18.7 Å². The molecular formula is C16H18ClNO2. The second-order valence-electron chi connectivity index (χ2n) is 5.07. The molecule has 0 fully saturated rings. The lowest BCUT2D eigenvalue weighted by Crippen LogP contribution is -2.31. The van der Waals surface area contributed by atoms with Gasteiger partial charge in [-0.1, -0.05) is 37.6 Å². The summed E-state index contributed by atoms with van der Waals surface area (Å²) in [5.74, 6) is 0.755. The Hall–Kier alpha value is -1.74. The van der Waals surface area contributed by atoms with Crippen LogP contribution in [0.25, 0.3) is 0 Å². The number of hydrogen-bond acceptors (Lipinski definition) is 2. The number of carbonyl (C=O) groups is 1. The van der Waals surface area contributed by atoms with Crippen molar-refractivity contribution in [3.05, 3.63) is 59.0 Å². The summed E-state index contributed by atoms with van der Waals surface area (Å²) in [5.41, 5.74) is 0.973. The molecule has 1 amide bonds. The van der Waals surface area contributed by atoms with Crippen molar-refractivity contribution in [1.29, 1.82) is 0 Å². The summed E-state index contributed by atoms with van der Waals surface area (Å²) >= 11 is 5.89. The Morgan fingerprint density at radius 2 is 1.95 bits per heavy atom. The Kier molecular flexibility index (Phi) is 4.85. The fraction of sp³-hybridized carbons (Fsp3) is 0.312. The summed E-state index contributed by atoms with van der Waals surface area (Å²) < 4.78 is 5.21. The molecule has 0 aliphatic carbocycles. The third-order valence-electron chi connectivity index (χ3n) is 3.20. The van der Waals surface area contributed by atoms with Gasteiger partial charge >= 0.3 is 0 Å². The van der Waals surface area contributed by atoms with Gasteiger partial charge in [0.1, 0.15) is 5.76 Å². The minimum Gasteiger partial charge on any atom is -0.467 e. The van der Waals surface area contributed by atoms with Gasteiger partial charge in [0.25, 0.3) is 0 Å². The van der Waals surface area contributed by atoms with Crippen molar-refractivity contribution in [3.8, 4) is 0 Å². The van der Waals surface area contributed by atoms with E-state index in [-0.39, 0.29) is 17.7 Å². The summed E-state index contributed by atoms with van der Waals surface area (Å²) in [6.45, 7) is 4.47. The quantitative estimate of drug-likeness (QED) is 0.905. The number of furan rings is 1. The smallest absolute Gasteiger partial charge is 0.228 e. The van der Waals surface area contributed by atoms with Crippen molar-refractivity contribution in [1.82, 2.24) is 5.32 Å². The number of amides is 1. The molecule has 1 heterocycles. The summed E-state index contributed by atoms with van der Waals surface area (Å²) in [6.07, 6.45) is 1.60. The molecule has 0 unspecified atom stereocenters. The highest BCUT2D eigenvalue weighted by Crippen LogP contribution is 2.26. The fourth-order valence-electron chi connectivity index (χ4n) is 2.21. The fourth-order valence-corrected chi connectivity index (χ4v) is 2.33. The van der Waals surface area contributed by atoms with E-state index >= 15 is 0 Å². The molecule has 2 rings (SSSR count).